The smallest absolute Gasteiger partial charge is 0.265 e. The van der Waals surface area contributed by atoms with Crippen LogP contribution in [0.4, 0.5) is 0 Å². The molecule has 0 unspecified atom stereocenters. The molecule has 1 N–H and O–H groups in total. The van der Waals surface area contributed by atoms with Gasteiger partial charge in [0.15, 0.2) is 0 Å². The fourth-order valence-corrected chi connectivity index (χ4v) is 2.95. The topological polar surface area (TPSA) is 52.7 Å². The highest BCUT2D eigenvalue weighted by Gasteiger charge is 2.22. The van der Waals surface area contributed by atoms with Crippen molar-refractivity contribution < 1.29 is 9.59 Å². The fraction of sp³-hybridized carbons (Fsp3) is 0.412. The number of likely N-dealkylation sites (N-methyl/N-ethyl adjacent to an activating group) is 1. The van der Waals surface area contributed by atoms with Crippen LogP contribution in [0.5, 0.6) is 0 Å². The molecule has 23 heavy (non-hydrogen) atoms. The molecule has 1 aliphatic heterocycles. The first-order chi connectivity index (χ1) is 11.0. The van der Waals surface area contributed by atoms with Crippen molar-refractivity contribution in [2.45, 2.75) is 20.3 Å². The Labute approximate surface area is 145 Å². The molecule has 0 fully saturated rings. The van der Waals surface area contributed by atoms with E-state index in [0.717, 1.165) is 16.5 Å². The molecular weight excluding hydrogens is 358 g/mol. The first-order valence-electron chi connectivity index (χ1n) is 7.85. The van der Waals surface area contributed by atoms with E-state index in [1.165, 1.54) is 0 Å². The van der Waals surface area contributed by atoms with Crippen LogP contribution in [0.2, 0.25) is 0 Å². The second kappa shape index (κ2) is 8.26. The number of hydrogen-bond acceptors (Lipinski definition) is 3. The van der Waals surface area contributed by atoms with Crippen molar-refractivity contribution in [3.05, 3.63) is 46.0 Å². The van der Waals surface area contributed by atoms with Crippen molar-refractivity contribution in [3.63, 3.8) is 0 Å². The molecule has 6 heteroatoms. The molecule has 0 atom stereocenters. The zero-order chi connectivity index (χ0) is 16.8. The van der Waals surface area contributed by atoms with Crippen molar-refractivity contribution >= 4 is 27.7 Å². The number of carbonyl (C=O) groups is 2. The molecule has 1 aliphatic rings. The molecule has 2 amide bonds. The number of hydrogen-bond donors (Lipinski definition) is 1. The largest absolute Gasteiger partial charge is 0.339 e. The van der Waals surface area contributed by atoms with Crippen molar-refractivity contribution in [1.82, 2.24) is 15.3 Å². The highest BCUT2D eigenvalue weighted by atomic mass is 79.9. The summed E-state index contributed by atoms with van der Waals surface area (Å²) in [5.41, 5.74) is 4.22. The van der Waals surface area contributed by atoms with Gasteiger partial charge in [0.2, 0.25) is 0 Å². The molecule has 5 nitrogen and oxygen atoms in total. The van der Waals surface area contributed by atoms with Crippen LogP contribution in [0.25, 0.3) is 0 Å². The summed E-state index contributed by atoms with van der Waals surface area (Å²) >= 11 is 3.36. The Balaban J connectivity index is 1.99. The maximum atomic E-state index is 12.4. The van der Waals surface area contributed by atoms with Crippen LogP contribution in [0.3, 0.4) is 0 Å². The Bertz CT molecular complexity index is 612. The molecule has 0 spiro atoms. The van der Waals surface area contributed by atoms with Gasteiger partial charge in [0.05, 0.1) is 0 Å². The second-order valence-electron chi connectivity index (χ2n) is 5.37. The maximum Gasteiger partial charge on any atom is 0.265 e. The number of nitrogens with one attached hydrogen (secondary N) is 1. The Morgan fingerprint density at radius 1 is 1.30 bits per heavy atom. The van der Waals surface area contributed by atoms with Gasteiger partial charge in [0.1, 0.15) is 0 Å². The molecule has 0 radical (unpaired) electrons. The number of carbonyl (C=O) groups excluding carboxylic acids is 2. The van der Waals surface area contributed by atoms with Gasteiger partial charge < -0.3 is 4.90 Å². The molecule has 0 saturated carbocycles. The lowest BCUT2D eigenvalue weighted by atomic mass is 10.1. The Morgan fingerprint density at radius 3 is 2.70 bits per heavy atom. The van der Waals surface area contributed by atoms with Crippen LogP contribution in [0.1, 0.15) is 30.6 Å². The standard InChI is InChI=1S/C17H22BrN3O2/c1-3-20(4-2)17(23)14-8-6-10-21(12-14)19-16(22)13-7-5-9-15(18)11-13/h5,7-9,11H,3-4,6,10,12H2,1-2H3,(H,19,22). The lowest BCUT2D eigenvalue weighted by molar-refractivity contribution is -0.127. The summed E-state index contributed by atoms with van der Waals surface area (Å²) in [5.74, 6) is -0.112. The summed E-state index contributed by atoms with van der Waals surface area (Å²) in [6, 6.07) is 7.24. The molecule has 0 saturated heterocycles. The van der Waals surface area contributed by atoms with Crippen LogP contribution in [0, 0.1) is 0 Å². The second-order valence-corrected chi connectivity index (χ2v) is 6.28. The number of halogens is 1. The van der Waals surface area contributed by atoms with Gasteiger partial charge in [-0.05, 0) is 38.5 Å². The zero-order valence-corrected chi connectivity index (χ0v) is 15.1. The molecule has 1 aromatic rings. The van der Waals surface area contributed by atoms with Gasteiger partial charge in [-0.15, -0.1) is 0 Å². The summed E-state index contributed by atoms with van der Waals surface area (Å²) in [5, 5.41) is 1.81. The lowest BCUT2D eigenvalue weighted by Crippen LogP contribution is -2.47. The van der Waals surface area contributed by atoms with E-state index in [0.29, 0.717) is 31.7 Å². The monoisotopic (exact) mass is 379 g/mol. The third-order valence-corrected chi connectivity index (χ3v) is 4.32. The Hall–Kier alpha value is -1.66. The van der Waals surface area contributed by atoms with Crippen molar-refractivity contribution in [1.29, 1.82) is 0 Å². The van der Waals surface area contributed by atoms with Gasteiger partial charge in [-0.1, -0.05) is 28.1 Å². The third kappa shape index (κ3) is 4.65. The molecule has 2 rings (SSSR count). The zero-order valence-electron chi connectivity index (χ0n) is 13.5. The summed E-state index contributed by atoms with van der Waals surface area (Å²) in [4.78, 5) is 26.5. The van der Waals surface area contributed by atoms with Gasteiger partial charge >= 0.3 is 0 Å². The lowest BCUT2D eigenvalue weighted by Gasteiger charge is -2.29. The van der Waals surface area contributed by atoms with Crippen LogP contribution in [-0.2, 0) is 4.79 Å². The maximum absolute atomic E-state index is 12.4. The Kier molecular flexibility index (Phi) is 6.36. The first kappa shape index (κ1) is 17.7. The summed E-state index contributed by atoms with van der Waals surface area (Å²) < 4.78 is 0.862. The minimum Gasteiger partial charge on any atom is -0.339 e. The number of rotatable bonds is 5. The van der Waals surface area contributed by atoms with Crippen molar-refractivity contribution in [3.8, 4) is 0 Å². The van der Waals surface area contributed by atoms with Gasteiger partial charge in [-0.2, -0.15) is 0 Å². The predicted octanol–water partition coefficient (Wildman–Crippen LogP) is 2.59. The molecule has 0 aromatic heterocycles. The SMILES string of the molecule is CCN(CC)C(=O)C1=CCCN(NC(=O)c2cccc(Br)c2)C1. The van der Waals surface area contributed by atoms with Gasteiger partial charge in [-0.3, -0.25) is 15.0 Å². The molecule has 1 heterocycles. The first-order valence-corrected chi connectivity index (χ1v) is 8.64. The third-order valence-electron chi connectivity index (χ3n) is 3.82. The summed E-state index contributed by atoms with van der Waals surface area (Å²) in [7, 11) is 0. The normalized spacial score (nSPS) is 15.0. The van der Waals surface area contributed by atoms with Crippen LogP contribution in [0.15, 0.2) is 40.4 Å². The molecular formula is C17H22BrN3O2. The highest BCUT2D eigenvalue weighted by molar-refractivity contribution is 9.10. The molecule has 124 valence electrons. The molecule has 0 bridgehead atoms. The highest BCUT2D eigenvalue weighted by Crippen LogP contribution is 2.14. The van der Waals surface area contributed by atoms with Crippen LogP contribution < -0.4 is 5.43 Å². The van der Waals surface area contributed by atoms with E-state index >= 15 is 0 Å². The number of hydrazine groups is 1. The van der Waals surface area contributed by atoms with E-state index < -0.39 is 0 Å². The van der Waals surface area contributed by atoms with E-state index in [-0.39, 0.29) is 11.8 Å². The molecule has 1 aromatic carbocycles. The molecule has 0 aliphatic carbocycles. The van der Waals surface area contributed by atoms with Crippen LogP contribution >= 0.6 is 15.9 Å². The van der Waals surface area contributed by atoms with E-state index in [4.69, 9.17) is 0 Å². The number of amides is 2. The van der Waals surface area contributed by atoms with E-state index in [9.17, 15) is 9.59 Å². The predicted molar refractivity (Wildman–Crippen MR) is 93.8 cm³/mol. The summed E-state index contributed by atoms with van der Waals surface area (Å²) in [6.45, 7) is 6.47. The average Bonchev–Trinajstić information content (AvgIpc) is 2.56. The van der Waals surface area contributed by atoms with Crippen molar-refractivity contribution in [2.24, 2.45) is 0 Å². The Morgan fingerprint density at radius 2 is 2.04 bits per heavy atom. The number of nitrogens with zero attached hydrogens (tertiary/aromatic N) is 2. The van der Waals surface area contributed by atoms with Gasteiger partial charge in [-0.25, -0.2) is 5.01 Å². The fourth-order valence-electron chi connectivity index (χ4n) is 2.55. The van der Waals surface area contributed by atoms with Gasteiger partial charge in [0.25, 0.3) is 11.8 Å². The number of benzene rings is 1. The van der Waals surface area contributed by atoms with E-state index in [1.54, 1.807) is 22.0 Å². The minimum absolute atomic E-state index is 0.0522. The van der Waals surface area contributed by atoms with Gasteiger partial charge in [0, 0.05) is 41.8 Å². The average molecular weight is 380 g/mol. The van der Waals surface area contributed by atoms with Crippen molar-refractivity contribution in [2.75, 3.05) is 26.2 Å². The van der Waals surface area contributed by atoms with E-state index in [2.05, 4.69) is 21.4 Å². The van der Waals surface area contributed by atoms with E-state index in [1.807, 2.05) is 32.1 Å². The van der Waals surface area contributed by atoms with Crippen LogP contribution in [-0.4, -0.2) is 47.9 Å². The minimum atomic E-state index is -0.164. The quantitative estimate of drug-likeness (QED) is 0.855. The summed E-state index contributed by atoms with van der Waals surface area (Å²) in [6.07, 6.45) is 2.73.